The number of aryl methyl sites for hydroxylation is 1. The number of amides is 12. The molecule has 0 radical (unpaired) electrons. The van der Waals surface area contributed by atoms with Crippen molar-refractivity contribution in [2.45, 2.75) is 216 Å². The lowest BCUT2D eigenvalue weighted by molar-refractivity contribution is -0.156. The van der Waals surface area contributed by atoms with Crippen molar-refractivity contribution in [3.63, 3.8) is 0 Å². The minimum Gasteiger partial charge on any atom is -0.497 e. The number of piperidine rings is 1. The summed E-state index contributed by atoms with van der Waals surface area (Å²) in [5.41, 5.74) is 2.77. The average molecular weight is 1540 g/mol. The summed E-state index contributed by atoms with van der Waals surface area (Å²) in [6.45, 7) is 4.82. The Hall–Kier alpha value is -10.3. The van der Waals surface area contributed by atoms with Gasteiger partial charge in [-0.1, -0.05) is 79.9 Å². The number of nitrogens with zero attached hydrogens (tertiary/aromatic N) is 4. The summed E-state index contributed by atoms with van der Waals surface area (Å²) in [5, 5.41) is 40.3. The maximum Gasteiger partial charge on any atom is 0.246 e. The summed E-state index contributed by atoms with van der Waals surface area (Å²) in [6.07, 6.45) is 3.27. The number of carbonyl (C=O) groups excluding carboxylic acids is 12. The lowest BCUT2D eigenvalue weighted by Gasteiger charge is -2.42. The van der Waals surface area contributed by atoms with Crippen molar-refractivity contribution < 1.29 is 76.5 Å². The highest BCUT2D eigenvalue weighted by Crippen LogP contribution is 2.32. The van der Waals surface area contributed by atoms with E-state index >= 15 is 33.2 Å². The molecule has 5 aromatic rings. The van der Waals surface area contributed by atoms with Crippen molar-refractivity contribution in [2.24, 2.45) is 0 Å². The van der Waals surface area contributed by atoms with Crippen LogP contribution in [0.4, 0.5) is 4.39 Å². The van der Waals surface area contributed by atoms with Crippen LogP contribution in [0.15, 0.2) is 97.2 Å². The summed E-state index contributed by atoms with van der Waals surface area (Å²) in [7, 11) is 3.31. The number of aromatic nitrogens is 1. The van der Waals surface area contributed by atoms with Gasteiger partial charge in [-0.05, 0) is 156 Å². The zero-order chi connectivity index (χ0) is 79.3. The van der Waals surface area contributed by atoms with Gasteiger partial charge in [-0.25, -0.2) is 4.39 Å². The number of fused-ring (bicyclic) bond motifs is 16. The molecule has 2 fully saturated rings. The number of aliphatic hydroxyl groups is 1. The van der Waals surface area contributed by atoms with Crippen LogP contribution in [-0.4, -0.2) is 215 Å². The fourth-order valence-corrected chi connectivity index (χ4v) is 15.2. The minimum absolute atomic E-state index is 0.0602. The third-order valence-electron chi connectivity index (χ3n) is 21.6. The van der Waals surface area contributed by atoms with E-state index in [1.807, 2.05) is 35.9 Å². The number of unbranched alkanes of at least 4 members (excludes halogenated alkanes) is 2. The molecule has 10 atom stereocenters. The molecular weight excluding hydrogens is 1430 g/mol. The smallest absolute Gasteiger partial charge is 0.246 e. The van der Waals surface area contributed by atoms with Crippen LogP contribution in [0.2, 0.25) is 0 Å². The molecule has 6 aliphatic heterocycles. The fourth-order valence-electron chi connectivity index (χ4n) is 15.2. The normalized spacial score (nSPS) is 25.0. The molecule has 29 nitrogen and oxygen atoms in total. The quantitative estimate of drug-likeness (QED) is 0.0799. The second-order valence-electron chi connectivity index (χ2n) is 29.9. The second kappa shape index (κ2) is 39.5. The van der Waals surface area contributed by atoms with Gasteiger partial charge in [-0.3, -0.25) is 57.5 Å². The fraction of sp³-hybridized carbons (Fsp3) is 0.531. The molecule has 7 heterocycles. The average Bonchev–Trinajstić information content (AvgIpc) is 1.77. The number of nitrogens with one attached hydrogen (secondary N) is 10. The zero-order valence-electron chi connectivity index (χ0n) is 64.1. The van der Waals surface area contributed by atoms with Gasteiger partial charge in [0.1, 0.15) is 66.0 Å². The number of hydrogen-bond acceptors (Lipinski definition) is 16. The Morgan fingerprint density at radius 1 is 0.685 bits per heavy atom. The molecule has 11 rings (SSSR count). The predicted molar refractivity (Wildman–Crippen MR) is 409 cm³/mol. The first-order valence-electron chi connectivity index (χ1n) is 38.9. The molecule has 6 aliphatic rings. The van der Waals surface area contributed by atoms with Gasteiger partial charge in [0.25, 0.3) is 0 Å². The van der Waals surface area contributed by atoms with Gasteiger partial charge in [-0.15, -0.1) is 0 Å². The van der Waals surface area contributed by atoms with E-state index in [1.165, 1.54) is 38.0 Å². The van der Waals surface area contributed by atoms with E-state index in [4.69, 9.17) is 9.47 Å². The van der Waals surface area contributed by atoms with Crippen LogP contribution in [0.5, 0.6) is 5.75 Å². The van der Waals surface area contributed by atoms with E-state index in [1.54, 1.807) is 72.6 Å². The molecule has 30 heteroatoms. The van der Waals surface area contributed by atoms with Crippen molar-refractivity contribution in [2.75, 3.05) is 60.0 Å². The molecule has 12 bridgehead atoms. The summed E-state index contributed by atoms with van der Waals surface area (Å²) in [4.78, 5) is 183. The van der Waals surface area contributed by atoms with E-state index in [-0.39, 0.29) is 96.4 Å². The summed E-state index contributed by atoms with van der Waals surface area (Å²) >= 11 is 0. The Kier molecular flexibility index (Phi) is 29.6. The third-order valence-corrected chi connectivity index (χ3v) is 21.6. The molecule has 12 amide bonds. The Morgan fingerprint density at radius 3 is 2.18 bits per heavy atom. The van der Waals surface area contributed by atoms with E-state index < -0.39 is 144 Å². The van der Waals surface area contributed by atoms with Gasteiger partial charge in [-0.2, -0.15) is 0 Å². The highest BCUT2D eigenvalue weighted by atomic mass is 19.1. The maximum atomic E-state index is 16.4. The number of methoxy groups -OCH3 is 1. The molecule has 1 aromatic heterocycles. The SMILES string of the molecule is CNCCCCCC(=O)NCC1NC(=O)[C@H](C)NC(=O)CCC(=O)N2CCCCCCn3cc(c4cc(F)ccc43)C[C@@H]3NC(=O)[C@H](Cc4cccc(c4)CNC(=O)CO[C@H]4CCCN(C3=O)[C@H]4C(=O)NC([C@@H](C)O)C(=O)N[C@@H](Cc3ccc(OC)cc3)C(=O)N3CCC[C@@]3(C)C(=O)NCCc3ccc(cc3)C2)NC1=O. The van der Waals surface area contributed by atoms with Crippen LogP contribution in [-0.2, 0) is 108 Å². The number of aliphatic hydroxyl groups excluding tert-OH is 1. The molecule has 0 spiro atoms. The molecule has 0 aliphatic carbocycles. The standard InChI is InChI=1S/C81H107FN14O15/c1-50-73(102)91-64(46-86-67(98)19-9-8-10-34-83-4)75(104)88-61-42-55-16-13-17-56(40-55)45-85-69(100)49-111-66-18-14-38-95-72(66)77(106)92-71(51(2)97)76(105)90-62(41-53-24-27-59(110-5)28-25-53)79(108)96-39-15-33-81(96,3)80(109)84-35-32-52-20-22-54(23-21-52)47-94(70(101)31-30-68(99)87-50)37-12-7-6-11-36-93-48-57(43-63(78(95)107)89-74(61)103)60-44-58(82)26-29-65(60)93/h13,16-17,20-29,40,44,48,50-51,61-64,66,71-72,83,97H,6-12,14-15,18-19,30-39,41-43,45-47,49H2,1-5H3,(H,84,109)(H,85,100)(H,86,98)(H,87,99)(H,88,104)(H,89,103)(H,90,105)(H,91,102)(H,92,106)/t50-,51+,61-,62-,63-,64?,66-,71?,72+,81-/m0/s1. The van der Waals surface area contributed by atoms with Crippen LogP contribution in [0.25, 0.3) is 10.9 Å². The molecular formula is C81H107FN14O15. The number of rotatable bonds is 12. The molecule has 0 saturated carbocycles. The van der Waals surface area contributed by atoms with Gasteiger partial charge in [0, 0.05) is 108 Å². The highest BCUT2D eigenvalue weighted by Gasteiger charge is 2.49. The summed E-state index contributed by atoms with van der Waals surface area (Å²) < 4.78 is 29.6. The van der Waals surface area contributed by atoms with E-state index in [0.717, 1.165) is 29.0 Å². The molecule has 2 saturated heterocycles. The van der Waals surface area contributed by atoms with E-state index in [2.05, 4.69) is 53.2 Å². The van der Waals surface area contributed by atoms with Crippen LogP contribution in [0.1, 0.15) is 144 Å². The predicted octanol–water partition coefficient (Wildman–Crippen LogP) is 2.46. The number of benzene rings is 4. The van der Waals surface area contributed by atoms with Gasteiger partial charge < -0.3 is 87.0 Å². The van der Waals surface area contributed by atoms with Crippen molar-refractivity contribution in [1.29, 1.82) is 0 Å². The first-order chi connectivity index (χ1) is 53.4. The first kappa shape index (κ1) is 83.1. The minimum atomic E-state index is -1.86. The van der Waals surface area contributed by atoms with Gasteiger partial charge in [0.15, 0.2) is 0 Å². The topological polar surface area (TPSA) is 378 Å². The number of hydrogen-bond donors (Lipinski definition) is 11. The van der Waals surface area contributed by atoms with Crippen LogP contribution >= 0.6 is 0 Å². The number of carbonyl (C=O) groups is 12. The van der Waals surface area contributed by atoms with E-state index in [0.29, 0.717) is 103 Å². The maximum absolute atomic E-state index is 16.4. The van der Waals surface area contributed by atoms with Crippen molar-refractivity contribution >= 4 is 81.8 Å². The highest BCUT2D eigenvalue weighted by molar-refractivity contribution is 6.00. The number of ether oxygens (including phenoxy) is 2. The van der Waals surface area contributed by atoms with Gasteiger partial charge >= 0.3 is 0 Å². The van der Waals surface area contributed by atoms with Crippen LogP contribution in [0.3, 0.4) is 0 Å². The Labute approximate surface area is 646 Å². The Bertz CT molecular complexity index is 4160. The molecule has 11 N–H and O–H groups in total. The second-order valence-corrected chi connectivity index (χ2v) is 29.9. The first-order valence-corrected chi connectivity index (χ1v) is 38.9. The van der Waals surface area contributed by atoms with Crippen molar-refractivity contribution in [3.05, 3.63) is 136 Å². The monoisotopic (exact) mass is 1530 g/mol. The molecule has 598 valence electrons. The summed E-state index contributed by atoms with van der Waals surface area (Å²) in [5.74, 6) is -8.99. The van der Waals surface area contributed by atoms with E-state index in [9.17, 15) is 33.9 Å². The van der Waals surface area contributed by atoms with Crippen molar-refractivity contribution in [1.82, 2.24) is 72.4 Å². The summed E-state index contributed by atoms with van der Waals surface area (Å²) in [6, 6.07) is 14.1. The van der Waals surface area contributed by atoms with Crippen LogP contribution in [0, 0.1) is 5.82 Å². The zero-order valence-corrected chi connectivity index (χ0v) is 64.1. The molecule has 111 heavy (non-hydrogen) atoms. The van der Waals surface area contributed by atoms with Gasteiger partial charge in [0.2, 0.25) is 70.9 Å². The molecule has 4 aromatic carbocycles. The number of halogens is 1. The van der Waals surface area contributed by atoms with Crippen molar-refractivity contribution in [3.8, 4) is 5.75 Å². The third kappa shape index (κ3) is 22.5. The largest absolute Gasteiger partial charge is 0.497 e. The Balaban J connectivity index is 1.09. The lowest BCUT2D eigenvalue weighted by atomic mass is 9.94. The Morgan fingerprint density at radius 2 is 1.42 bits per heavy atom. The molecule has 2 unspecified atom stereocenters. The van der Waals surface area contributed by atoms with Gasteiger partial charge in [0.05, 0.1) is 19.3 Å². The lowest BCUT2D eigenvalue weighted by Crippen LogP contribution is -2.66. The van der Waals surface area contributed by atoms with Crippen LogP contribution < -0.4 is 57.9 Å².